The van der Waals surface area contributed by atoms with E-state index >= 15 is 0 Å². The van der Waals surface area contributed by atoms with Crippen molar-refractivity contribution >= 4 is 17.6 Å². The molecule has 0 radical (unpaired) electrons. The number of anilines is 1. The summed E-state index contributed by atoms with van der Waals surface area (Å²) in [4.78, 5) is 22.4. The highest BCUT2D eigenvalue weighted by Crippen LogP contribution is 2.24. The molecule has 0 bridgehead atoms. The van der Waals surface area contributed by atoms with Crippen LogP contribution in [-0.4, -0.2) is 29.2 Å². The fourth-order valence-corrected chi connectivity index (χ4v) is 1.40. The Bertz CT molecular complexity index is 538. The van der Waals surface area contributed by atoms with Gasteiger partial charge in [-0.1, -0.05) is 0 Å². The van der Waals surface area contributed by atoms with Crippen molar-refractivity contribution < 1.29 is 28.2 Å². The number of carbonyl (C=O) groups excluding carboxylic acids is 1. The first kappa shape index (κ1) is 15.9. The average Bonchev–Trinajstić information content (AvgIpc) is 2.27. The Labute approximate surface area is 114 Å². The largest absolute Gasteiger partial charge is 0.480 e. The van der Waals surface area contributed by atoms with Gasteiger partial charge in [-0.25, -0.2) is 13.6 Å². The van der Waals surface area contributed by atoms with E-state index in [2.05, 4.69) is 5.32 Å². The highest BCUT2D eigenvalue weighted by atomic mass is 19.2. The van der Waals surface area contributed by atoms with Crippen LogP contribution in [0.2, 0.25) is 0 Å². The molecule has 0 saturated carbocycles. The van der Waals surface area contributed by atoms with Crippen LogP contribution in [0.25, 0.3) is 0 Å². The number of nitrogens with one attached hydrogen (secondary N) is 1. The lowest BCUT2D eigenvalue weighted by Crippen LogP contribution is -2.26. The van der Waals surface area contributed by atoms with Gasteiger partial charge in [0.05, 0.1) is 5.69 Å². The zero-order valence-electron chi connectivity index (χ0n) is 11.3. The van der Waals surface area contributed by atoms with Crippen molar-refractivity contribution in [1.29, 1.82) is 0 Å². The second kappa shape index (κ2) is 5.85. The van der Waals surface area contributed by atoms with E-state index < -0.39 is 41.3 Å². The fraction of sp³-hybridized carbons (Fsp3) is 0.385. The van der Waals surface area contributed by atoms with Gasteiger partial charge >= 0.3 is 11.9 Å². The van der Waals surface area contributed by atoms with Gasteiger partial charge in [0.1, 0.15) is 17.7 Å². The van der Waals surface area contributed by atoms with Crippen molar-refractivity contribution in [2.45, 2.75) is 26.4 Å². The number of hydrogen-bond donors (Lipinski definition) is 2. The van der Waals surface area contributed by atoms with Gasteiger partial charge in [0.2, 0.25) is 0 Å². The summed E-state index contributed by atoms with van der Waals surface area (Å²) in [5.74, 6) is -4.87. The molecular weight excluding hydrogens is 272 g/mol. The molecule has 110 valence electrons. The number of rotatable bonds is 4. The van der Waals surface area contributed by atoms with Crippen LogP contribution in [0.5, 0.6) is 0 Å². The van der Waals surface area contributed by atoms with E-state index in [1.807, 2.05) is 0 Å². The van der Waals surface area contributed by atoms with Crippen molar-refractivity contribution in [1.82, 2.24) is 0 Å². The molecule has 7 heteroatoms. The second-order valence-electron chi connectivity index (χ2n) is 5.03. The van der Waals surface area contributed by atoms with Gasteiger partial charge in [0.15, 0.2) is 11.6 Å². The Morgan fingerprint density at radius 3 is 2.40 bits per heavy atom. The molecule has 0 aromatic heterocycles. The topological polar surface area (TPSA) is 75.6 Å². The van der Waals surface area contributed by atoms with E-state index in [0.717, 1.165) is 12.1 Å². The van der Waals surface area contributed by atoms with Crippen LogP contribution in [-0.2, 0) is 9.53 Å². The van der Waals surface area contributed by atoms with Gasteiger partial charge in [0.25, 0.3) is 0 Å². The smallest absolute Gasteiger partial charge is 0.343 e. The van der Waals surface area contributed by atoms with Gasteiger partial charge in [-0.05, 0) is 32.9 Å². The molecule has 1 rings (SSSR count). The Balaban J connectivity index is 3.16. The molecule has 0 aliphatic carbocycles. The van der Waals surface area contributed by atoms with Crippen molar-refractivity contribution in [2.75, 3.05) is 11.9 Å². The summed E-state index contributed by atoms with van der Waals surface area (Å²) in [7, 11) is 0. The lowest BCUT2D eigenvalue weighted by Gasteiger charge is -2.21. The molecule has 20 heavy (non-hydrogen) atoms. The lowest BCUT2D eigenvalue weighted by molar-refractivity contribution is -0.134. The molecule has 0 heterocycles. The number of aliphatic carboxylic acids is 1. The minimum atomic E-state index is -1.38. The number of halogens is 2. The maximum atomic E-state index is 13.7. The van der Waals surface area contributed by atoms with Crippen LogP contribution in [0, 0.1) is 11.6 Å². The summed E-state index contributed by atoms with van der Waals surface area (Å²) in [5, 5.41) is 10.9. The minimum Gasteiger partial charge on any atom is -0.480 e. The fourth-order valence-electron chi connectivity index (χ4n) is 1.40. The normalized spacial score (nSPS) is 11.1. The number of hydrogen-bond acceptors (Lipinski definition) is 4. The van der Waals surface area contributed by atoms with Crippen molar-refractivity contribution in [3.63, 3.8) is 0 Å². The predicted molar refractivity (Wildman–Crippen MR) is 67.7 cm³/mol. The van der Waals surface area contributed by atoms with Gasteiger partial charge in [0, 0.05) is 0 Å². The van der Waals surface area contributed by atoms with Gasteiger partial charge in [-0.3, -0.25) is 4.79 Å². The first-order chi connectivity index (χ1) is 9.11. The van der Waals surface area contributed by atoms with E-state index in [1.165, 1.54) is 0 Å². The SMILES string of the molecule is CC(C)(C)OC(=O)c1c(NCC(=O)O)ccc(F)c1F. The molecule has 1 aromatic rings. The number of carboxylic acids is 1. The molecular formula is C13H15F2NO4. The van der Waals surface area contributed by atoms with Crippen LogP contribution in [0.4, 0.5) is 14.5 Å². The van der Waals surface area contributed by atoms with E-state index in [0.29, 0.717) is 0 Å². The van der Waals surface area contributed by atoms with Crippen LogP contribution in [0.3, 0.4) is 0 Å². The Kier molecular flexibility index (Phi) is 4.65. The highest BCUT2D eigenvalue weighted by Gasteiger charge is 2.26. The molecule has 0 unspecified atom stereocenters. The summed E-state index contributed by atoms with van der Waals surface area (Å²) in [5.41, 5.74) is -1.68. The third-order valence-corrected chi connectivity index (χ3v) is 2.13. The number of carbonyl (C=O) groups is 2. The Hall–Kier alpha value is -2.18. The molecule has 0 saturated heterocycles. The van der Waals surface area contributed by atoms with Gasteiger partial charge < -0.3 is 15.2 Å². The maximum absolute atomic E-state index is 13.7. The molecule has 0 spiro atoms. The Morgan fingerprint density at radius 1 is 1.30 bits per heavy atom. The zero-order chi connectivity index (χ0) is 15.5. The molecule has 0 atom stereocenters. The lowest BCUT2D eigenvalue weighted by atomic mass is 10.1. The van der Waals surface area contributed by atoms with Crippen molar-refractivity contribution in [2.24, 2.45) is 0 Å². The molecule has 0 fully saturated rings. The van der Waals surface area contributed by atoms with Gasteiger partial charge in [-0.2, -0.15) is 0 Å². The van der Waals surface area contributed by atoms with E-state index in [1.54, 1.807) is 20.8 Å². The van der Waals surface area contributed by atoms with Crippen LogP contribution in [0.1, 0.15) is 31.1 Å². The maximum Gasteiger partial charge on any atom is 0.343 e. The third kappa shape index (κ3) is 4.18. The molecule has 2 N–H and O–H groups in total. The molecule has 0 amide bonds. The standard InChI is InChI=1S/C13H15F2NO4/c1-13(2,3)20-12(19)10-8(16-6-9(17)18)5-4-7(14)11(10)15/h4-5,16H,6H2,1-3H3,(H,17,18). The van der Waals surface area contributed by atoms with Crippen molar-refractivity contribution in [3.05, 3.63) is 29.3 Å². The number of ether oxygens (including phenoxy) is 1. The van der Waals surface area contributed by atoms with E-state index in [-0.39, 0.29) is 5.69 Å². The zero-order valence-corrected chi connectivity index (χ0v) is 11.3. The van der Waals surface area contributed by atoms with Crippen molar-refractivity contribution in [3.8, 4) is 0 Å². The predicted octanol–water partition coefficient (Wildman–Crippen LogP) is 2.42. The average molecular weight is 287 g/mol. The minimum absolute atomic E-state index is 0.138. The van der Waals surface area contributed by atoms with Crippen LogP contribution < -0.4 is 5.32 Å². The summed E-state index contributed by atoms with van der Waals surface area (Å²) in [6.45, 7) is 4.19. The quantitative estimate of drug-likeness (QED) is 0.832. The summed E-state index contributed by atoms with van der Waals surface area (Å²) in [6, 6.07) is 1.88. The van der Waals surface area contributed by atoms with Crippen LogP contribution >= 0.6 is 0 Å². The van der Waals surface area contributed by atoms with Crippen LogP contribution in [0.15, 0.2) is 12.1 Å². The number of benzene rings is 1. The first-order valence-electron chi connectivity index (χ1n) is 5.79. The highest BCUT2D eigenvalue weighted by molar-refractivity contribution is 5.96. The molecule has 0 aliphatic rings. The summed E-state index contributed by atoms with van der Waals surface area (Å²) in [6.07, 6.45) is 0. The second-order valence-corrected chi connectivity index (χ2v) is 5.03. The third-order valence-electron chi connectivity index (χ3n) is 2.13. The van der Waals surface area contributed by atoms with E-state index in [9.17, 15) is 18.4 Å². The number of esters is 1. The number of carboxylic acid groups (broad SMARTS) is 1. The molecule has 0 aliphatic heterocycles. The first-order valence-corrected chi connectivity index (χ1v) is 5.79. The van der Waals surface area contributed by atoms with E-state index in [4.69, 9.17) is 9.84 Å². The monoisotopic (exact) mass is 287 g/mol. The Morgan fingerprint density at radius 2 is 1.90 bits per heavy atom. The molecule has 5 nitrogen and oxygen atoms in total. The summed E-state index contributed by atoms with van der Waals surface area (Å²) < 4.78 is 31.9. The van der Waals surface area contributed by atoms with Gasteiger partial charge in [-0.15, -0.1) is 0 Å². The summed E-state index contributed by atoms with van der Waals surface area (Å²) >= 11 is 0. The molecule has 1 aromatic carbocycles.